The van der Waals surface area contributed by atoms with Crippen LogP contribution in [0, 0.1) is 5.92 Å². The number of hydrogen-bond donors (Lipinski definition) is 1. The van der Waals surface area contributed by atoms with Gasteiger partial charge in [0.2, 0.25) is 5.91 Å². The van der Waals surface area contributed by atoms with E-state index < -0.39 is 15.8 Å². The Morgan fingerprint density at radius 1 is 1.26 bits per heavy atom. The van der Waals surface area contributed by atoms with Crippen molar-refractivity contribution in [2.24, 2.45) is 5.92 Å². The van der Waals surface area contributed by atoms with Gasteiger partial charge < -0.3 is 10.1 Å². The van der Waals surface area contributed by atoms with Gasteiger partial charge in [0.1, 0.15) is 0 Å². The summed E-state index contributed by atoms with van der Waals surface area (Å²) in [4.78, 5) is 23.6. The Kier molecular flexibility index (Phi) is 5.20. The first-order valence-corrected chi connectivity index (χ1v) is 8.98. The number of ether oxygens (including phenoxy) is 1. The minimum Gasteiger partial charge on any atom is -0.459 e. The maximum atomic E-state index is 11.9. The molecule has 1 heterocycles. The number of amides is 1. The van der Waals surface area contributed by atoms with Crippen LogP contribution >= 0.6 is 0 Å². The maximum Gasteiger partial charge on any atom is 0.338 e. The lowest BCUT2D eigenvalue weighted by atomic mass is 10.1. The van der Waals surface area contributed by atoms with E-state index in [0.29, 0.717) is 11.3 Å². The first-order chi connectivity index (χ1) is 10.7. The maximum absolute atomic E-state index is 11.9. The van der Waals surface area contributed by atoms with Gasteiger partial charge in [0.05, 0.1) is 17.4 Å². The van der Waals surface area contributed by atoms with Gasteiger partial charge in [-0.1, -0.05) is 6.08 Å². The van der Waals surface area contributed by atoms with Gasteiger partial charge >= 0.3 is 5.97 Å². The van der Waals surface area contributed by atoms with Crippen LogP contribution < -0.4 is 5.32 Å². The second-order valence-electron chi connectivity index (χ2n) is 5.70. The molecular weight excluding hydrogens is 318 g/mol. The Hall–Kier alpha value is -2.15. The van der Waals surface area contributed by atoms with Crippen molar-refractivity contribution in [2.75, 3.05) is 11.1 Å². The van der Waals surface area contributed by atoms with Gasteiger partial charge in [-0.15, -0.1) is 0 Å². The summed E-state index contributed by atoms with van der Waals surface area (Å²) in [5.41, 5.74) is 0.947. The molecule has 23 heavy (non-hydrogen) atoms. The van der Waals surface area contributed by atoms with Crippen molar-refractivity contribution >= 4 is 27.4 Å². The van der Waals surface area contributed by atoms with Gasteiger partial charge in [0.15, 0.2) is 9.84 Å². The molecule has 0 spiro atoms. The fourth-order valence-electron chi connectivity index (χ4n) is 2.19. The molecule has 1 amide bonds. The van der Waals surface area contributed by atoms with Crippen LogP contribution in [-0.2, 0) is 19.4 Å². The molecular formula is C16H19NO5S. The summed E-state index contributed by atoms with van der Waals surface area (Å²) in [6, 6.07) is 6.35. The smallest absolute Gasteiger partial charge is 0.338 e. The zero-order chi connectivity index (χ0) is 17.0. The number of allylic oxidation sites excluding steroid dienone is 1. The third kappa shape index (κ3) is 5.21. The lowest BCUT2D eigenvalue weighted by Crippen LogP contribution is -2.17. The second-order valence-corrected chi connectivity index (χ2v) is 7.63. The van der Waals surface area contributed by atoms with Crippen LogP contribution in [-0.4, -0.2) is 32.2 Å². The molecule has 124 valence electrons. The third-order valence-corrected chi connectivity index (χ3v) is 4.66. The topological polar surface area (TPSA) is 89.5 Å². The number of benzene rings is 1. The number of carbonyl (C=O) groups excluding carboxylic acids is 2. The molecule has 1 aliphatic heterocycles. The molecule has 1 N–H and O–H groups in total. The highest BCUT2D eigenvalue weighted by atomic mass is 32.2. The Bertz CT molecular complexity index is 719. The zero-order valence-electron chi connectivity index (χ0n) is 13.0. The van der Waals surface area contributed by atoms with Gasteiger partial charge in [-0.25, -0.2) is 13.2 Å². The fraction of sp³-hybridized carbons (Fsp3) is 0.375. The van der Waals surface area contributed by atoms with Gasteiger partial charge in [-0.05, 0) is 38.1 Å². The number of carbonyl (C=O) groups is 2. The van der Waals surface area contributed by atoms with E-state index in [9.17, 15) is 18.0 Å². The van der Waals surface area contributed by atoms with Crippen LogP contribution in [0.1, 0.15) is 30.6 Å². The van der Waals surface area contributed by atoms with Crippen molar-refractivity contribution in [3.8, 4) is 0 Å². The Balaban J connectivity index is 1.89. The van der Waals surface area contributed by atoms with E-state index in [-0.39, 0.29) is 30.1 Å². The molecule has 0 radical (unpaired) electrons. The number of sulfone groups is 1. The number of rotatable bonds is 5. The van der Waals surface area contributed by atoms with Crippen molar-refractivity contribution in [3.05, 3.63) is 41.3 Å². The summed E-state index contributed by atoms with van der Waals surface area (Å²) in [5.74, 6) is -1.01. The van der Waals surface area contributed by atoms with Crippen LogP contribution in [0.3, 0.4) is 0 Å². The molecule has 1 aromatic rings. The average Bonchev–Trinajstić information content (AvgIpc) is 2.77. The average molecular weight is 337 g/mol. The summed E-state index contributed by atoms with van der Waals surface area (Å²) < 4.78 is 27.7. The summed E-state index contributed by atoms with van der Waals surface area (Å²) in [6.07, 6.45) is 1.45. The Labute approximate surface area is 135 Å². The number of nitrogens with one attached hydrogen (secondary N) is 1. The highest BCUT2D eigenvalue weighted by Gasteiger charge is 2.23. The van der Waals surface area contributed by atoms with Crippen LogP contribution in [0.2, 0.25) is 0 Å². The van der Waals surface area contributed by atoms with E-state index in [1.807, 2.05) is 0 Å². The molecule has 7 heteroatoms. The predicted octanol–water partition coefficient (Wildman–Crippen LogP) is 2.14. The molecule has 1 atom stereocenters. The van der Waals surface area contributed by atoms with E-state index in [4.69, 9.17) is 4.74 Å². The van der Waals surface area contributed by atoms with Crippen molar-refractivity contribution in [1.29, 1.82) is 0 Å². The number of anilines is 1. The van der Waals surface area contributed by atoms with Gasteiger partial charge in [0.25, 0.3) is 0 Å². The van der Waals surface area contributed by atoms with Gasteiger partial charge in [-0.3, -0.25) is 4.79 Å². The molecule has 1 aromatic carbocycles. The predicted molar refractivity (Wildman–Crippen MR) is 86.7 cm³/mol. The zero-order valence-corrected chi connectivity index (χ0v) is 13.8. The fourth-order valence-corrected chi connectivity index (χ4v) is 3.59. The van der Waals surface area contributed by atoms with Crippen LogP contribution in [0.15, 0.2) is 35.7 Å². The molecule has 0 bridgehead atoms. The molecule has 0 aliphatic carbocycles. The monoisotopic (exact) mass is 337 g/mol. The summed E-state index contributed by atoms with van der Waals surface area (Å²) in [6.45, 7) is 3.54. The third-order valence-electron chi connectivity index (χ3n) is 3.20. The van der Waals surface area contributed by atoms with Crippen molar-refractivity contribution in [1.82, 2.24) is 0 Å². The Morgan fingerprint density at radius 2 is 1.91 bits per heavy atom. The first kappa shape index (κ1) is 17.2. The van der Waals surface area contributed by atoms with E-state index in [0.717, 1.165) is 5.41 Å². The summed E-state index contributed by atoms with van der Waals surface area (Å²) in [7, 11) is -3.15. The number of hydrogen-bond acceptors (Lipinski definition) is 5. The first-order valence-electron chi connectivity index (χ1n) is 7.27. The summed E-state index contributed by atoms with van der Waals surface area (Å²) >= 11 is 0. The van der Waals surface area contributed by atoms with Crippen molar-refractivity contribution < 1.29 is 22.7 Å². The van der Waals surface area contributed by atoms with Crippen LogP contribution in [0.5, 0.6) is 0 Å². The molecule has 2 rings (SSSR count). The molecule has 0 saturated heterocycles. The highest BCUT2D eigenvalue weighted by molar-refractivity contribution is 7.94. The molecule has 0 saturated carbocycles. The highest BCUT2D eigenvalue weighted by Crippen LogP contribution is 2.19. The second kappa shape index (κ2) is 6.95. The van der Waals surface area contributed by atoms with E-state index >= 15 is 0 Å². The van der Waals surface area contributed by atoms with Crippen molar-refractivity contribution in [2.45, 2.75) is 26.4 Å². The SMILES string of the molecule is CC(C)OC(=O)c1ccc(NC(=O)CC2C=CS(=O)(=O)C2)cc1. The van der Waals surface area contributed by atoms with E-state index in [2.05, 4.69) is 5.32 Å². The van der Waals surface area contributed by atoms with E-state index in [1.165, 1.54) is 0 Å². The van der Waals surface area contributed by atoms with Gasteiger partial charge in [0, 0.05) is 23.4 Å². The molecule has 6 nitrogen and oxygen atoms in total. The molecule has 0 fully saturated rings. The molecule has 0 aromatic heterocycles. The van der Waals surface area contributed by atoms with Gasteiger partial charge in [-0.2, -0.15) is 0 Å². The van der Waals surface area contributed by atoms with Crippen molar-refractivity contribution in [3.63, 3.8) is 0 Å². The largest absolute Gasteiger partial charge is 0.459 e. The lowest BCUT2D eigenvalue weighted by molar-refractivity contribution is -0.116. The molecule has 1 unspecified atom stereocenters. The van der Waals surface area contributed by atoms with E-state index in [1.54, 1.807) is 44.2 Å². The van der Waals surface area contributed by atoms with Crippen LogP contribution in [0.25, 0.3) is 0 Å². The molecule has 1 aliphatic rings. The standard InChI is InChI=1S/C16H19NO5S/c1-11(2)22-16(19)13-3-5-14(6-4-13)17-15(18)9-12-7-8-23(20,21)10-12/h3-8,11-12H,9-10H2,1-2H3,(H,17,18). The minimum atomic E-state index is -3.15. The number of esters is 1. The normalized spacial score (nSPS) is 18.8. The Morgan fingerprint density at radius 3 is 2.43 bits per heavy atom. The minimum absolute atomic E-state index is 0.0274. The van der Waals surface area contributed by atoms with Crippen LogP contribution in [0.4, 0.5) is 5.69 Å². The quantitative estimate of drug-likeness (QED) is 0.832. The summed E-state index contributed by atoms with van der Waals surface area (Å²) in [5, 5.41) is 3.84. The lowest BCUT2D eigenvalue weighted by Gasteiger charge is -2.10.